The van der Waals surface area contributed by atoms with Crippen molar-refractivity contribution in [3.63, 3.8) is 0 Å². The summed E-state index contributed by atoms with van der Waals surface area (Å²) >= 11 is 5.33. The fraction of sp³-hybridized carbons (Fsp3) is 0.636. The van der Waals surface area contributed by atoms with E-state index < -0.39 is 0 Å². The second-order valence-electron chi connectivity index (χ2n) is 3.87. The zero-order valence-electron chi connectivity index (χ0n) is 9.22. The summed E-state index contributed by atoms with van der Waals surface area (Å²) in [5.74, 6) is 0.541. The van der Waals surface area contributed by atoms with Gasteiger partial charge in [-0.3, -0.25) is 0 Å². The van der Waals surface area contributed by atoms with Crippen LogP contribution in [0.3, 0.4) is 0 Å². The number of aliphatic hydroxyl groups is 1. The molecule has 1 unspecified atom stereocenters. The average Bonchev–Trinajstić information content (AvgIpc) is 2.46. The van der Waals surface area contributed by atoms with E-state index in [4.69, 9.17) is 5.11 Å². The third-order valence-electron chi connectivity index (χ3n) is 2.32. The van der Waals surface area contributed by atoms with E-state index in [1.165, 1.54) is 14.2 Å². The molecule has 1 aromatic rings. The van der Waals surface area contributed by atoms with Crippen LogP contribution < -0.4 is 5.32 Å². The Morgan fingerprint density at radius 1 is 1.60 bits per heavy atom. The molecule has 0 aliphatic carbocycles. The lowest BCUT2D eigenvalue weighted by Gasteiger charge is -2.09. The van der Waals surface area contributed by atoms with Crippen LogP contribution in [0.15, 0.2) is 10.5 Å². The van der Waals surface area contributed by atoms with Gasteiger partial charge in [-0.15, -0.1) is 11.3 Å². The number of aryl methyl sites for hydroxylation is 1. The van der Waals surface area contributed by atoms with Crippen LogP contribution in [0.25, 0.3) is 0 Å². The highest BCUT2D eigenvalue weighted by atomic mass is 79.9. The van der Waals surface area contributed by atoms with Gasteiger partial charge in [0.05, 0.1) is 0 Å². The summed E-state index contributed by atoms with van der Waals surface area (Å²) in [6, 6.07) is 2.17. The van der Waals surface area contributed by atoms with Crippen molar-refractivity contribution >= 4 is 27.3 Å². The van der Waals surface area contributed by atoms with Crippen molar-refractivity contribution in [1.82, 2.24) is 5.32 Å². The molecule has 0 aromatic carbocycles. The highest BCUT2D eigenvalue weighted by molar-refractivity contribution is 9.10. The number of thiophene rings is 1. The molecule has 2 nitrogen and oxygen atoms in total. The monoisotopic (exact) mass is 291 g/mol. The van der Waals surface area contributed by atoms with Gasteiger partial charge >= 0.3 is 0 Å². The molecule has 0 saturated heterocycles. The third-order valence-corrected chi connectivity index (χ3v) is 4.46. The zero-order chi connectivity index (χ0) is 11.3. The molecule has 1 aromatic heterocycles. The maximum Gasteiger partial charge on any atom is 0.0434 e. The Hall–Kier alpha value is 0.100. The SMILES string of the molecule is Cc1sc(CNCC(C)CCO)cc1Br. The second-order valence-corrected chi connectivity index (χ2v) is 6.06. The molecular weight excluding hydrogens is 274 g/mol. The minimum absolute atomic E-state index is 0.284. The first-order valence-electron chi connectivity index (χ1n) is 5.20. The first-order chi connectivity index (χ1) is 7.13. The average molecular weight is 292 g/mol. The molecule has 4 heteroatoms. The predicted molar refractivity (Wildman–Crippen MR) is 69.3 cm³/mol. The van der Waals surface area contributed by atoms with Gasteiger partial charge in [-0.05, 0) is 47.8 Å². The maximum atomic E-state index is 8.76. The van der Waals surface area contributed by atoms with Crippen LogP contribution in [0.4, 0.5) is 0 Å². The van der Waals surface area contributed by atoms with E-state index in [-0.39, 0.29) is 6.61 Å². The van der Waals surface area contributed by atoms with E-state index in [9.17, 15) is 0 Å². The van der Waals surface area contributed by atoms with Gasteiger partial charge in [-0.2, -0.15) is 0 Å². The first kappa shape index (κ1) is 13.2. The number of nitrogens with one attached hydrogen (secondary N) is 1. The lowest BCUT2D eigenvalue weighted by molar-refractivity contribution is 0.260. The maximum absolute atomic E-state index is 8.76. The van der Waals surface area contributed by atoms with E-state index in [2.05, 4.69) is 41.2 Å². The Morgan fingerprint density at radius 2 is 2.33 bits per heavy atom. The van der Waals surface area contributed by atoms with Crippen LogP contribution in [0, 0.1) is 12.8 Å². The van der Waals surface area contributed by atoms with Gasteiger partial charge in [0.15, 0.2) is 0 Å². The Kier molecular flexibility index (Phi) is 5.82. The lowest BCUT2D eigenvalue weighted by Crippen LogP contribution is -2.20. The highest BCUT2D eigenvalue weighted by Crippen LogP contribution is 2.26. The smallest absolute Gasteiger partial charge is 0.0434 e. The van der Waals surface area contributed by atoms with Crippen LogP contribution >= 0.6 is 27.3 Å². The van der Waals surface area contributed by atoms with E-state index >= 15 is 0 Å². The molecule has 1 rings (SSSR count). The minimum Gasteiger partial charge on any atom is -0.396 e. The molecule has 1 heterocycles. The van der Waals surface area contributed by atoms with E-state index in [0.717, 1.165) is 19.5 Å². The van der Waals surface area contributed by atoms with E-state index in [1.807, 2.05) is 11.3 Å². The molecule has 0 fully saturated rings. The molecule has 0 aliphatic rings. The summed E-state index contributed by atoms with van der Waals surface area (Å²) in [7, 11) is 0. The fourth-order valence-corrected chi connectivity index (χ4v) is 2.94. The summed E-state index contributed by atoms with van der Waals surface area (Å²) in [4.78, 5) is 2.69. The number of halogens is 1. The molecule has 0 saturated carbocycles. The van der Waals surface area contributed by atoms with Crippen molar-refractivity contribution in [2.75, 3.05) is 13.2 Å². The standard InChI is InChI=1S/C11H18BrNOS/c1-8(3-4-14)6-13-7-10-5-11(12)9(2)15-10/h5,8,13-14H,3-4,6-7H2,1-2H3. The summed E-state index contributed by atoms with van der Waals surface area (Å²) in [5.41, 5.74) is 0. The molecule has 0 bridgehead atoms. The van der Waals surface area contributed by atoms with Crippen LogP contribution in [0.5, 0.6) is 0 Å². The van der Waals surface area contributed by atoms with Gasteiger partial charge in [0.2, 0.25) is 0 Å². The zero-order valence-corrected chi connectivity index (χ0v) is 11.6. The van der Waals surface area contributed by atoms with Crippen molar-refractivity contribution in [3.8, 4) is 0 Å². The molecule has 0 spiro atoms. The Bertz CT molecular complexity index is 281. The Morgan fingerprint density at radius 3 is 2.87 bits per heavy atom. The molecule has 86 valence electrons. The van der Waals surface area contributed by atoms with Crippen LogP contribution in [-0.4, -0.2) is 18.3 Å². The summed E-state index contributed by atoms with van der Waals surface area (Å²) in [6.07, 6.45) is 0.875. The van der Waals surface area contributed by atoms with Crippen molar-refractivity contribution in [3.05, 3.63) is 20.3 Å². The van der Waals surface area contributed by atoms with Gasteiger partial charge < -0.3 is 10.4 Å². The molecule has 2 N–H and O–H groups in total. The molecule has 0 aliphatic heterocycles. The molecule has 0 radical (unpaired) electrons. The van der Waals surface area contributed by atoms with Crippen molar-refractivity contribution in [2.45, 2.75) is 26.8 Å². The molecular formula is C11H18BrNOS. The number of rotatable bonds is 6. The van der Waals surface area contributed by atoms with E-state index in [0.29, 0.717) is 5.92 Å². The topological polar surface area (TPSA) is 32.3 Å². The number of aliphatic hydroxyl groups excluding tert-OH is 1. The molecule has 1 atom stereocenters. The predicted octanol–water partition coefficient (Wildman–Crippen LogP) is 2.93. The largest absolute Gasteiger partial charge is 0.396 e. The van der Waals surface area contributed by atoms with Crippen molar-refractivity contribution in [2.24, 2.45) is 5.92 Å². The first-order valence-corrected chi connectivity index (χ1v) is 6.80. The minimum atomic E-state index is 0.284. The Balaban J connectivity index is 2.25. The number of hydrogen-bond donors (Lipinski definition) is 2. The summed E-state index contributed by atoms with van der Waals surface area (Å²) in [5, 5.41) is 12.2. The second kappa shape index (κ2) is 6.63. The summed E-state index contributed by atoms with van der Waals surface area (Å²) < 4.78 is 1.20. The van der Waals surface area contributed by atoms with Crippen LogP contribution in [0.1, 0.15) is 23.1 Å². The summed E-state index contributed by atoms with van der Waals surface area (Å²) in [6.45, 7) is 6.44. The molecule has 0 amide bonds. The number of hydrogen-bond acceptors (Lipinski definition) is 3. The Labute approximate surface area is 104 Å². The third kappa shape index (κ3) is 4.64. The van der Waals surface area contributed by atoms with Gasteiger partial charge in [-0.1, -0.05) is 6.92 Å². The van der Waals surface area contributed by atoms with Crippen molar-refractivity contribution in [1.29, 1.82) is 0 Å². The van der Waals surface area contributed by atoms with Crippen LogP contribution in [-0.2, 0) is 6.54 Å². The highest BCUT2D eigenvalue weighted by Gasteiger charge is 2.04. The van der Waals surface area contributed by atoms with Gasteiger partial charge in [0, 0.05) is 27.4 Å². The lowest BCUT2D eigenvalue weighted by atomic mass is 10.1. The molecule has 15 heavy (non-hydrogen) atoms. The van der Waals surface area contributed by atoms with Gasteiger partial charge in [0.25, 0.3) is 0 Å². The van der Waals surface area contributed by atoms with Gasteiger partial charge in [0.1, 0.15) is 0 Å². The quantitative estimate of drug-likeness (QED) is 0.845. The van der Waals surface area contributed by atoms with Gasteiger partial charge in [-0.25, -0.2) is 0 Å². The van der Waals surface area contributed by atoms with Crippen molar-refractivity contribution < 1.29 is 5.11 Å². The fourth-order valence-electron chi connectivity index (χ4n) is 1.37. The van der Waals surface area contributed by atoms with E-state index in [1.54, 1.807) is 0 Å². The van der Waals surface area contributed by atoms with Crippen LogP contribution in [0.2, 0.25) is 0 Å². The normalized spacial score (nSPS) is 13.1.